The fraction of sp³-hybridized carbons (Fsp3) is 0.333. The Balaban J connectivity index is 0.00000154. The third-order valence-corrected chi connectivity index (χ3v) is 2.17. The highest BCUT2D eigenvalue weighted by molar-refractivity contribution is 5.87. The van der Waals surface area contributed by atoms with Crippen molar-refractivity contribution in [2.24, 2.45) is 5.10 Å². The maximum absolute atomic E-state index is 11.5. The normalized spacial score (nSPS) is 8.79. The zero-order valence-electron chi connectivity index (χ0n) is 11.9. The summed E-state index contributed by atoms with van der Waals surface area (Å²) in [6, 6.07) is 9.65. The Kier molecular flexibility index (Phi) is 8.79. The van der Waals surface area contributed by atoms with E-state index in [1.165, 1.54) is 5.01 Å². The molecule has 4 nitrogen and oxygen atoms in total. The van der Waals surface area contributed by atoms with E-state index in [2.05, 4.69) is 18.4 Å². The minimum Gasteiger partial charge on any atom is -0.461 e. The Morgan fingerprint density at radius 3 is 2.37 bits per heavy atom. The average molecular weight is 262 g/mol. The Labute approximate surface area is 115 Å². The SMILES string of the molecule is C=NN(Cc1ccccc1)C(=C)C(=O)OCC.CC. The lowest BCUT2D eigenvalue weighted by molar-refractivity contribution is -0.140. The van der Waals surface area contributed by atoms with Gasteiger partial charge in [0.05, 0.1) is 13.2 Å². The number of nitrogens with zero attached hydrogens (tertiary/aromatic N) is 2. The first-order valence-electron chi connectivity index (χ1n) is 6.33. The van der Waals surface area contributed by atoms with E-state index in [1.54, 1.807) is 6.92 Å². The summed E-state index contributed by atoms with van der Waals surface area (Å²) in [5, 5.41) is 5.19. The first-order valence-corrected chi connectivity index (χ1v) is 6.33. The van der Waals surface area contributed by atoms with Gasteiger partial charge >= 0.3 is 5.97 Å². The number of esters is 1. The van der Waals surface area contributed by atoms with Gasteiger partial charge in [-0.1, -0.05) is 50.8 Å². The molecule has 1 rings (SSSR count). The third kappa shape index (κ3) is 5.86. The number of ether oxygens (including phenoxy) is 1. The summed E-state index contributed by atoms with van der Waals surface area (Å²) < 4.78 is 4.86. The van der Waals surface area contributed by atoms with E-state index in [-0.39, 0.29) is 5.70 Å². The summed E-state index contributed by atoms with van der Waals surface area (Å²) in [5.74, 6) is -0.476. The third-order valence-electron chi connectivity index (χ3n) is 2.17. The van der Waals surface area contributed by atoms with Gasteiger partial charge in [-0.25, -0.2) is 4.79 Å². The van der Waals surface area contributed by atoms with Crippen LogP contribution in [0.1, 0.15) is 26.3 Å². The van der Waals surface area contributed by atoms with Crippen LogP contribution in [0.2, 0.25) is 0 Å². The Hall–Kier alpha value is -2.10. The van der Waals surface area contributed by atoms with Crippen LogP contribution in [-0.4, -0.2) is 24.3 Å². The molecule has 4 heteroatoms. The highest BCUT2D eigenvalue weighted by atomic mass is 16.5. The monoisotopic (exact) mass is 262 g/mol. The minimum atomic E-state index is -0.476. The number of carbonyl (C=O) groups excluding carboxylic acids is 1. The molecular weight excluding hydrogens is 240 g/mol. The van der Waals surface area contributed by atoms with Gasteiger partial charge in [-0.2, -0.15) is 5.10 Å². The van der Waals surface area contributed by atoms with Crippen LogP contribution >= 0.6 is 0 Å². The van der Waals surface area contributed by atoms with E-state index < -0.39 is 5.97 Å². The smallest absolute Gasteiger partial charge is 0.355 e. The van der Waals surface area contributed by atoms with Crippen LogP contribution in [0.4, 0.5) is 0 Å². The largest absolute Gasteiger partial charge is 0.461 e. The number of hydrazone groups is 1. The van der Waals surface area contributed by atoms with Crippen LogP contribution < -0.4 is 0 Å². The minimum absolute atomic E-state index is 0.186. The van der Waals surface area contributed by atoms with E-state index in [4.69, 9.17) is 4.74 Å². The molecule has 104 valence electrons. The van der Waals surface area contributed by atoms with Gasteiger partial charge in [0.25, 0.3) is 0 Å². The molecule has 0 bridgehead atoms. The molecule has 0 saturated heterocycles. The number of benzene rings is 1. The summed E-state index contributed by atoms with van der Waals surface area (Å²) in [7, 11) is 0. The summed E-state index contributed by atoms with van der Waals surface area (Å²) in [6.45, 7) is 13.6. The molecule has 0 spiro atoms. The second kappa shape index (κ2) is 9.88. The molecule has 1 aromatic carbocycles. The van der Waals surface area contributed by atoms with Crippen molar-refractivity contribution in [3.05, 3.63) is 48.2 Å². The van der Waals surface area contributed by atoms with Crippen molar-refractivity contribution in [3.8, 4) is 0 Å². The van der Waals surface area contributed by atoms with Gasteiger partial charge < -0.3 is 4.74 Å². The quantitative estimate of drug-likeness (QED) is 0.342. The van der Waals surface area contributed by atoms with Crippen molar-refractivity contribution < 1.29 is 9.53 Å². The molecule has 0 amide bonds. The standard InChI is InChI=1S/C13H16N2O2.C2H6/c1-4-17-13(16)11(2)15(14-3)10-12-8-6-5-7-9-12;1-2/h5-9H,2-4,10H2,1H3;1-2H3. The van der Waals surface area contributed by atoms with Gasteiger partial charge in [0.2, 0.25) is 0 Å². The molecule has 19 heavy (non-hydrogen) atoms. The van der Waals surface area contributed by atoms with Crippen molar-refractivity contribution >= 4 is 12.7 Å². The van der Waals surface area contributed by atoms with Crippen molar-refractivity contribution in [1.29, 1.82) is 0 Å². The first-order chi connectivity index (χ1) is 9.19. The zero-order valence-corrected chi connectivity index (χ0v) is 11.9. The summed E-state index contributed by atoms with van der Waals surface area (Å²) in [4.78, 5) is 11.5. The molecule has 0 aliphatic heterocycles. The Morgan fingerprint density at radius 2 is 1.89 bits per heavy atom. The number of rotatable bonds is 6. The van der Waals surface area contributed by atoms with Crippen molar-refractivity contribution in [3.63, 3.8) is 0 Å². The van der Waals surface area contributed by atoms with Gasteiger partial charge in [0.15, 0.2) is 0 Å². The van der Waals surface area contributed by atoms with E-state index in [1.807, 2.05) is 44.2 Å². The molecule has 1 aromatic rings. The van der Waals surface area contributed by atoms with E-state index in [0.29, 0.717) is 13.2 Å². The van der Waals surface area contributed by atoms with Gasteiger partial charge in [-0.3, -0.25) is 5.01 Å². The van der Waals surface area contributed by atoms with Crippen LogP contribution in [0.5, 0.6) is 0 Å². The van der Waals surface area contributed by atoms with Gasteiger partial charge in [-0.15, -0.1) is 0 Å². The predicted octanol–water partition coefficient (Wildman–Crippen LogP) is 3.21. The molecule has 0 heterocycles. The molecule has 0 radical (unpaired) electrons. The zero-order chi connectivity index (χ0) is 14.7. The molecule has 0 aromatic heterocycles. The van der Waals surface area contributed by atoms with Crippen LogP contribution in [0.25, 0.3) is 0 Å². The van der Waals surface area contributed by atoms with Crippen LogP contribution in [0.15, 0.2) is 47.7 Å². The molecular formula is C15H22N2O2. The fourth-order valence-corrected chi connectivity index (χ4v) is 1.31. The number of hydrogen-bond donors (Lipinski definition) is 0. The van der Waals surface area contributed by atoms with Gasteiger partial charge in [0, 0.05) is 6.72 Å². The van der Waals surface area contributed by atoms with Gasteiger partial charge in [0.1, 0.15) is 5.70 Å². The lowest BCUT2D eigenvalue weighted by atomic mass is 10.2. The highest BCUT2D eigenvalue weighted by Gasteiger charge is 2.15. The topological polar surface area (TPSA) is 41.9 Å². The molecule has 0 N–H and O–H groups in total. The molecule has 0 aliphatic carbocycles. The highest BCUT2D eigenvalue weighted by Crippen LogP contribution is 2.11. The van der Waals surface area contributed by atoms with Crippen molar-refractivity contribution in [2.45, 2.75) is 27.3 Å². The number of carbonyl (C=O) groups is 1. The molecule has 0 atom stereocenters. The summed E-state index contributed by atoms with van der Waals surface area (Å²) in [6.07, 6.45) is 0. The second-order valence-corrected chi connectivity index (χ2v) is 3.35. The second-order valence-electron chi connectivity index (χ2n) is 3.35. The van der Waals surface area contributed by atoms with E-state index in [9.17, 15) is 4.79 Å². The van der Waals surface area contributed by atoms with Crippen LogP contribution in [0.3, 0.4) is 0 Å². The summed E-state index contributed by atoms with van der Waals surface area (Å²) >= 11 is 0. The fourth-order valence-electron chi connectivity index (χ4n) is 1.31. The van der Waals surface area contributed by atoms with Crippen molar-refractivity contribution in [2.75, 3.05) is 6.61 Å². The van der Waals surface area contributed by atoms with Gasteiger partial charge in [-0.05, 0) is 12.5 Å². The summed E-state index contributed by atoms with van der Waals surface area (Å²) in [5.41, 5.74) is 1.20. The van der Waals surface area contributed by atoms with Crippen LogP contribution in [-0.2, 0) is 16.1 Å². The Bertz CT molecular complexity index is 402. The van der Waals surface area contributed by atoms with E-state index in [0.717, 1.165) is 5.56 Å². The maximum atomic E-state index is 11.5. The predicted molar refractivity (Wildman–Crippen MR) is 78.7 cm³/mol. The lowest BCUT2D eigenvalue weighted by Gasteiger charge is -2.19. The number of hydrogen-bond acceptors (Lipinski definition) is 4. The first kappa shape index (κ1) is 16.9. The lowest BCUT2D eigenvalue weighted by Crippen LogP contribution is -2.23. The Morgan fingerprint density at radius 1 is 1.32 bits per heavy atom. The van der Waals surface area contributed by atoms with Crippen LogP contribution in [0, 0.1) is 0 Å². The average Bonchev–Trinajstić information content (AvgIpc) is 2.47. The molecule has 0 fully saturated rings. The molecule has 0 unspecified atom stereocenters. The maximum Gasteiger partial charge on any atom is 0.355 e. The van der Waals surface area contributed by atoms with Crippen molar-refractivity contribution in [1.82, 2.24) is 5.01 Å². The van der Waals surface area contributed by atoms with E-state index >= 15 is 0 Å². The molecule has 0 aliphatic rings. The molecule has 0 saturated carbocycles.